The topological polar surface area (TPSA) is 67.9 Å². The second-order valence-electron chi connectivity index (χ2n) is 7.39. The molecule has 0 aliphatic rings. The Hall–Kier alpha value is -2.08. The van der Waals surface area contributed by atoms with Crippen LogP contribution in [0.5, 0.6) is 0 Å². The number of benzene rings is 1. The first-order valence-corrected chi connectivity index (χ1v) is 8.50. The minimum atomic E-state index is -0.637. The summed E-state index contributed by atoms with van der Waals surface area (Å²) < 4.78 is 10.3. The Morgan fingerprint density at radius 2 is 1.76 bits per heavy atom. The van der Waals surface area contributed by atoms with Crippen LogP contribution in [-0.4, -0.2) is 42.4 Å². The van der Waals surface area contributed by atoms with Crippen LogP contribution >= 0.6 is 0 Å². The molecule has 1 aromatic rings. The number of carbonyl (C=O) groups is 2. The van der Waals surface area contributed by atoms with E-state index in [1.165, 1.54) is 7.11 Å². The molecule has 1 amide bonds. The molecule has 0 fully saturated rings. The Kier molecular flexibility index (Phi) is 7.90. The van der Waals surface area contributed by atoms with Crippen LogP contribution in [0.4, 0.5) is 4.79 Å². The van der Waals surface area contributed by atoms with Gasteiger partial charge in [-0.1, -0.05) is 44.2 Å². The maximum Gasteiger partial charge on any atom is 0.422 e. The molecular weight excluding hydrogens is 320 g/mol. The Labute approximate surface area is 150 Å². The highest BCUT2D eigenvalue weighted by atomic mass is 16.6. The fourth-order valence-electron chi connectivity index (χ4n) is 2.36. The second kappa shape index (κ2) is 9.42. The van der Waals surface area contributed by atoms with Gasteiger partial charge in [0.25, 0.3) is 0 Å². The molecule has 1 N–H and O–H groups in total. The summed E-state index contributed by atoms with van der Waals surface area (Å²) in [5, 5.41) is 1.61. The zero-order valence-electron chi connectivity index (χ0n) is 16.0. The van der Waals surface area contributed by atoms with Crippen molar-refractivity contribution in [3.8, 4) is 0 Å². The van der Waals surface area contributed by atoms with Gasteiger partial charge in [0, 0.05) is 13.0 Å². The van der Waals surface area contributed by atoms with Gasteiger partial charge < -0.3 is 9.47 Å². The van der Waals surface area contributed by atoms with Gasteiger partial charge in [0.1, 0.15) is 11.6 Å². The van der Waals surface area contributed by atoms with Crippen LogP contribution in [0.1, 0.15) is 40.2 Å². The third-order valence-corrected chi connectivity index (χ3v) is 3.32. The van der Waals surface area contributed by atoms with Crippen molar-refractivity contribution in [3.63, 3.8) is 0 Å². The van der Waals surface area contributed by atoms with Gasteiger partial charge in [0.2, 0.25) is 0 Å². The summed E-state index contributed by atoms with van der Waals surface area (Å²) in [7, 11) is 1.35. The normalized spacial score (nSPS) is 12.8. The number of nitrogens with one attached hydrogen (secondary N) is 1. The molecule has 6 heteroatoms. The van der Waals surface area contributed by atoms with E-state index in [2.05, 4.69) is 5.43 Å². The smallest absolute Gasteiger partial charge is 0.422 e. The lowest BCUT2D eigenvalue weighted by Gasteiger charge is -2.32. The molecule has 0 saturated carbocycles. The first kappa shape index (κ1) is 21.0. The number of rotatable bonds is 7. The summed E-state index contributed by atoms with van der Waals surface area (Å²) in [6.45, 7) is 9.90. The number of hydrogen-bond donors (Lipinski definition) is 1. The molecule has 0 unspecified atom stereocenters. The molecule has 25 heavy (non-hydrogen) atoms. The molecule has 1 aromatic carbocycles. The predicted molar refractivity (Wildman–Crippen MR) is 96.9 cm³/mol. The molecule has 0 aliphatic carbocycles. The highest BCUT2D eigenvalue weighted by molar-refractivity contribution is 5.77. The highest BCUT2D eigenvalue weighted by Crippen LogP contribution is 2.13. The number of ether oxygens (including phenoxy) is 2. The van der Waals surface area contributed by atoms with Gasteiger partial charge in [-0.25, -0.2) is 9.80 Å². The molecule has 1 rings (SSSR count). The lowest BCUT2D eigenvalue weighted by molar-refractivity contribution is -0.148. The molecule has 0 saturated heterocycles. The molecule has 0 bridgehead atoms. The molecule has 0 radical (unpaired) electrons. The van der Waals surface area contributed by atoms with Gasteiger partial charge in [-0.05, 0) is 32.3 Å². The lowest BCUT2D eigenvalue weighted by atomic mass is 10.0. The predicted octanol–water partition coefficient (Wildman–Crippen LogP) is 3.17. The van der Waals surface area contributed by atoms with Crippen LogP contribution in [0, 0.1) is 5.92 Å². The minimum Gasteiger partial charge on any atom is -0.468 e. The van der Waals surface area contributed by atoms with Crippen LogP contribution in [0.3, 0.4) is 0 Å². The fraction of sp³-hybridized carbons (Fsp3) is 0.579. The van der Waals surface area contributed by atoms with Gasteiger partial charge in [-0.3, -0.25) is 10.2 Å². The zero-order chi connectivity index (χ0) is 19.0. The van der Waals surface area contributed by atoms with Gasteiger partial charge in [-0.15, -0.1) is 0 Å². The molecule has 140 valence electrons. The van der Waals surface area contributed by atoms with Gasteiger partial charge >= 0.3 is 12.1 Å². The Balaban J connectivity index is 2.99. The number of hydrazine groups is 1. The van der Waals surface area contributed by atoms with Crippen LogP contribution < -0.4 is 5.43 Å². The standard InChI is InChI=1S/C19H30N2O4/c1-14(2)13-21(20-18(23)25-19(3,4)5)16(17(22)24-6)12-15-10-8-7-9-11-15/h7-11,14,16H,12-13H2,1-6H3,(H,20,23)/t16-/m1/s1. The summed E-state index contributed by atoms with van der Waals surface area (Å²) in [6.07, 6.45) is -0.161. The summed E-state index contributed by atoms with van der Waals surface area (Å²) in [5.74, 6) is -0.168. The minimum absolute atomic E-state index is 0.234. The van der Waals surface area contributed by atoms with E-state index in [1.54, 1.807) is 25.8 Å². The molecule has 0 heterocycles. The number of amides is 1. The number of carbonyl (C=O) groups excluding carboxylic acids is 2. The van der Waals surface area contributed by atoms with E-state index in [1.807, 2.05) is 44.2 Å². The largest absolute Gasteiger partial charge is 0.468 e. The van der Waals surface area contributed by atoms with Crippen molar-refractivity contribution >= 4 is 12.1 Å². The Morgan fingerprint density at radius 3 is 2.24 bits per heavy atom. The van der Waals surface area contributed by atoms with Gasteiger partial charge in [0.15, 0.2) is 0 Å². The maximum atomic E-state index is 12.4. The first-order valence-electron chi connectivity index (χ1n) is 8.50. The fourth-order valence-corrected chi connectivity index (χ4v) is 2.36. The molecule has 0 spiro atoms. The highest BCUT2D eigenvalue weighted by Gasteiger charge is 2.30. The van der Waals surface area contributed by atoms with Crippen LogP contribution in [0.25, 0.3) is 0 Å². The third-order valence-electron chi connectivity index (χ3n) is 3.32. The van der Waals surface area contributed by atoms with Crippen molar-refractivity contribution in [1.29, 1.82) is 0 Å². The quantitative estimate of drug-likeness (QED) is 0.604. The van der Waals surface area contributed by atoms with Crippen molar-refractivity contribution in [2.24, 2.45) is 5.92 Å². The third kappa shape index (κ3) is 8.03. The van der Waals surface area contributed by atoms with Gasteiger partial charge in [-0.2, -0.15) is 0 Å². The van der Waals surface area contributed by atoms with Crippen LogP contribution in [0.15, 0.2) is 30.3 Å². The Bertz CT molecular complexity index is 552. The monoisotopic (exact) mass is 350 g/mol. The van der Waals surface area contributed by atoms with E-state index in [9.17, 15) is 9.59 Å². The van der Waals surface area contributed by atoms with E-state index in [4.69, 9.17) is 9.47 Å². The molecule has 1 atom stereocenters. The van der Waals surface area contributed by atoms with E-state index in [-0.39, 0.29) is 5.92 Å². The number of hydrogen-bond acceptors (Lipinski definition) is 5. The van der Waals surface area contributed by atoms with E-state index in [0.29, 0.717) is 13.0 Å². The van der Waals surface area contributed by atoms with Crippen LogP contribution in [-0.2, 0) is 20.7 Å². The number of nitrogens with zero attached hydrogens (tertiary/aromatic N) is 1. The molecule has 0 aliphatic heterocycles. The summed E-state index contributed by atoms with van der Waals surface area (Å²) in [6, 6.07) is 8.99. The number of esters is 1. The Morgan fingerprint density at radius 1 is 1.16 bits per heavy atom. The molecular formula is C19H30N2O4. The summed E-state index contributed by atoms with van der Waals surface area (Å²) in [4.78, 5) is 24.5. The van der Waals surface area contributed by atoms with E-state index >= 15 is 0 Å². The first-order chi connectivity index (χ1) is 11.6. The average Bonchev–Trinajstić information content (AvgIpc) is 2.50. The van der Waals surface area contributed by atoms with Crippen LogP contribution in [0.2, 0.25) is 0 Å². The average molecular weight is 350 g/mol. The maximum absolute atomic E-state index is 12.4. The van der Waals surface area contributed by atoms with Crippen molar-refractivity contribution in [1.82, 2.24) is 10.4 Å². The summed E-state index contributed by atoms with van der Waals surface area (Å²) >= 11 is 0. The zero-order valence-corrected chi connectivity index (χ0v) is 16.0. The van der Waals surface area contributed by atoms with Crippen molar-refractivity contribution < 1.29 is 19.1 Å². The molecule has 0 aromatic heterocycles. The van der Waals surface area contributed by atoms with E-state index < -0.39 is 23.7 Å². The molecule has 6 nitrogen and oxygen atoms in total. The number of methoxy groups -OCH3 is 1. The van der Waals surface area contributed by atoms with Gasteiger partial charge in [0.05, 0.1) is 7.11 Å². The van der Waals surface area contributed by atoms with E-state index in [0.717, 1.165) is 5.56 Å². The second-order valence-corrected chi connectivity index (χ2v) is 7.39. The van der Waals surface area contributed by atoms with Crippen molar-refractivity contribution in [2.75, 3.05) is 13.7 Å². The van der Waals surface area contributed by atoms with Crippen molar-refractivity contribution in [3.05, 3.63) is 35.9 Å². The summed E-state index contributed by atoms with van der Waals surface area (Å²) in [5.41, 5.74) is 3.08. The van der Waals surface area contributed by atoms with Crippen molar-refractivity contribution in [2.45, 2.75) is 52.7 Å². The lowest BCUT2D eigenvalue weighted by Crippen LogP contribution is -2.55. The SMILES string of the molecule is COC(=O)[C@@H](Cc1ccccc1)N(CC(C)C)NC(=O)OC(C)(C)C.